The highest BCUT2D eigenvalue weighted by atomic mass is 32.2. The number of fused-ring (bicyclic) bond motifs is 1. The molecular weight excluding hydrogens is 316 g/mol. The zero-order valence-corrected chi connectivity index (χ0v) is 14.5. The van der Waals surface area contributed by atoms with Crippen molar-refractivity contribution >= 4 is 10.0 Å². The molecule has 0 aliphatic carbocycles. The first-order valence-electron chi connectivity index (χ1n) is 8.16. The molecule has 2 aliphatic rings. The van der Waals surface area contributed by atoms with E-state index in [0.29, 0.717) is 43.8 Å². The van der Waals surface area contributed by atoms with E-state index in [2.05, 4.69) is 18.7 Å². The van der Waals surface area contributed by atoms with Crippen LogP contribution in [0.1, 0.15) is 20.3 Å². The highest BCUT2D eigenvalue weighted by Crippen LogP contribution is 2.33. The summed E-state index contributed by atoms with van der Waals surface area (Å²) in [5, 5.41) is 0. The van der Waals surface area contributed by atoms with Gasteiger partial charge in [-0.1, -0.05) is 6.92 Å². The van der Waals surface area contributed by atoms with Gasteiger partial charge in [0.1, 0.15) is 13.2 Å². The summed E-state index contributed by atoms with van der Waals surface area (Å²) >= 11 is 0. The molecule has 0 saturated carbocycles. The second-order valence-electron chi connectivity index (χ2n) is 6.00. The lowest BCUT2D eigenvalue weighted by Gasteiger charge is -2.37. The molecule has 0 radical (unpaired) electrons. The number of piperazine rings is 1. The fraction of sp³-hybridized carbons (Fsp3) is 0.625. The predicted octanol–water partition coefficient (Wildman–Crippen LogP) is 1.56. The third-order valence-corrected chi connectivity index (χ3v) is 6.53. The van der Waals surface area contributed by atoms with Gasteiger partial charge in [-0.25, -0.2) is 8.42 Å². The summed E-state index contributed by atoms with van der Waals surface area (Å²) < 4.78 is 38.2. The van der Waals surface area contributed by atoms with Crippen LogP contribution in [-0.4, -0.2) is 63.1 Å². The first kappa shape index (κ1) is 16.5. The van der Waals surface area contributed by atoms with Gasteiger partial charge >= 0.3 is 0 Å². The van der Waals surface area contributed by atoms with Crippen LogP contribution < -0.4 is 9.47 Å². The Kier molecular flexibility index (Phi) is 4.79. The fourth-order valence-corrected chi connectivity index (χ4v) is 4.41. The van der Waals surface area contributed by atoms with Crippen LogP contribution in [-0.2, 0) is 10.0 Å². The lowest BCUT2D eigenvalue weighted by molar-refractivity contribution is 0.142. The van der Waals surface area contributed by atoms with Gasteiger partial charge in [0.15, 0.2) is 11.5 Å². The molecule has 1 fully saturated rings. The standard InChI is InChI=1S/C16H24N2O4S/c1-3-13(2)17-6-8-18(9-7-17)23(19,20)14-4-5-15-16(12-14)22-11-10-21-15/h4-5,12-13H,3,6-11H2,1-2H3. The van der Waals surface area contributed by atoms with Crippen molar-refractivity contribution in [3.8, 4) is 11.5 Å². The van der Waals surface area contributed by atoms with Crippen molar-refractivity contribution in [1.29, 1.82) is 0 Å². The van der Waals surface area contributed by atoms with Gasteiger partial charge in [0.05, 0.1) is 4.90 Å². The van der Waals surface area contributed by atoms with Crippen molar-refractivity contribution in [1.82, 2.24) is 9.21 Å². The molecule has 1 aromatic rings. The zero-order chi connectivity index (χ0) is 16.4. The van der Waals surface area contributed by atoms with Crippen molar-refractivity contribution in [2.75, 3.05) is 39.4 Å². The quantitative estimate of drug-likeness (QED) is 0.832. The van der Waals surface area contributed by atoms with E-state index in [1.165, 1.54) is 0 Å². The van der Waals surface area contributed by atoms with Crippen molar-refractivity contribution in [3.63, 3.8) is 0 Å². The average Bonchev–Trinajstić information content (AvgIpc) is 2.60. The molecular formula is C16H24N2O4S. The predicted molar refractivity (Wildman–Crippen MR) is 87.5 cm³/mol. The smallest absolute Gasteiger partial charge is 0.243 e. The van der Waals surface area contributed by atoms with Gasteiger partial charge in [0.25, 0.3) is 0 Å². The molecule has 0 amide bonds. The van der Waals surface area contributed by atoms with Gasteiger partial charge in [-0.05, 0) is 25.5 Å². The Morgan fingerprint density at radius 1 is 1.09 bits per heavy atom. The summed E-state index contributed by atoms with van der Waals surface area (Å²) in [6.45, 7) is 7.90. The average molecular weight is 340 g/mol. The van der Waals surface area contributed by atoms with E-state index in [-0.39, 0.29) is 4.90 Å². The number of sulfonamides is 1. The van der Waals surface area contributed by atoms with Crippen molar-refractivity contribution in [2.24, 2.45) is 0 Å². The van der Waals surface area contributed by atoms with Crippen LogP contribution in [0.15, 0.2) is 23.1 Å². The summed E-state index contributed by atoms with van der Waals surface area (Å²) in [5.74, 6) is 1.12. The first-order valence-corrected chi connectivity index (χ1v) is 9.60. The largest absolute Gasteiger partial charge is 0.486 e. The summed E-state index contributed by atoms with van der Waals surface area (Å²) in [6.07, 6.45) is 1.08. The Morgan fingerprint density at radius 2 is 1.74 bits per heavy atom. The molecule has 6 nitrogen and oxygen atoms in total. The zero-order valence-electron chi connectivity index (χ0n) is 13.7. The SMILES string of the molecule is CCC(C)N1CCN(S(=O)(=O)c2ccc3c(c2)OCCO3)CC1. The lowest BCUT2D eigenvalue weighted by atomic mass is 10.2. The van der Waals surface area contributed by atoms with Crippen LogP contribution in [0.5, 0.6) is 11.5 Å². The minimum Gasteiger partial charge on any atom is -0.486 e. The van der Waals surface area contributed by atoms with E-state index >= 15 is 0 Å². The van der Waals surface area contributed by atoms with E-state index in [0.717, 1.165) is 19.5 Å². The molecule has 1 aromatic carbocycles. The van der Waals surface area contributed by atoms with Gasteiger partial charge in [0, 0.05) is 38.3 Å². The maximum atomic E-state index is 12.8. The maximum Gasteiger partial charge on any atom is 0.243 e. The third kappa shape index (κ3) is 3.32. The maximum absolute atomic E-state index is 12.8. The van der Waals surface area contributed by atoms with Crippen LogP contribution in [0.3, 0.4) is 0 Å². The third-order valence-electron chi connectivity index (χ3n) is 4.64. The van der Waals surface area contributed by atoms with Gasteiger partial charge in [-0.15, -0.1) is 0 Å². The van der Waals surface area contributed by atoms with E-state index in [4.69, 9.17) is 9.47 Å². The van der Waals surface area contributed by atoms with E-state index < -0.39 is 10.0 Å². The number of ether oxygens (including phenoxy) is 2. The van der Waals surface area contributed by atoms with Crippen LogP contribution in [0.2, 0.25) is 0 Å². The van der Waals surface area contributed by atoms with Crippen molar-refractivity contribution in [2.45, 2.75) is 31.2 Å². The molecule has 0 N–H and O–H groups in total. The van der Waals surface area contributed by atoms with Gasteiger partial charge in [-0.2, -0.15) is 4.31 Å². The second-order valence-corrected chi connectivity index (χ2v) is 7.94. The number of nitrogens with zero attached hydrogens (tertiary/aromatic N) is 2. The molecule has 23 heavy (non-hydrogen) atoms. The lowest BCUT2D eigenvalue weighted by Crippen LogP contribution is -2.51. The van der Waals surface area contributed by atoms with E-state index in [9.17, 15) is 8.42 Å². The topological polar surface area (TPSA) is 59.1 Å². The minimum atomic E-state index is -3.48. The summed E-state index contributed by atoms with van der Waals surface area (Å²) in [4.78, 5) is 2.62. The first-order chi connectivity index (χ1) is 11.0. The molecule has 128 valence electrons. The highest BCUT2D eigenvalue weighted by Gasteiger charge is 2.30. The van der Waals surface area contributed by atoms with Crippen LogP contribution in [0, 0.1) is 0 Å². The number of benzene rings is 1. The monoisotopic (exact) mass is 340 g/mol. The number of hydrogen-bond acceptors (Lipinski definition) is 5. The molecule has 1 saturated heterocycles. The molecule has 1 atom stereocenters. The molecule has 0 aromatic heterocycles. The number of rotatable bonds is 4. The fourth-order valence-electron chi connectivity index (χ4n) is 2.98. The Hall–Kier alpha value is -1.31. The Morgan fingerprint density at radius 3 is 2.39 bits per heavy atom. The molecule has 3 rings (SSSR count). The van der Waals surface area contributed by atoms with Crippen molar-refractivity contribution < 1.29 is 17.9 Å². The molecule has 2 heterocycles. The van der Waals surface area contributed by atoms with Crippen LogP contribution >= 0.6 is 0 Å². The van der Waals surface area contributed by atoms with Gasteiger partial charge in [-0.3, -0.25) is 4.90 Å². The summed E-state index contributed by atoms with van der Waals surface area (Å²) in [7, 11) is -3.48. The van der Waals surface area contributed by atoms with Crippen LogP contribution in [0.4, 0.5) is 0 Å². The van der Waals surface area contributed by atoms with Crippen molar-refractivity contribution in [3.05, 3.63) is 18.2 Å². The highest BCUT2D eigenvalue weighted by molar-refractivity contribution is 7.89. The van der Waals surface area contributed by atoms with Crippen LogP contribution in [0.25, 0.3) is 0 Å². The normalized spacial score (nSPS) is 21.1. The molecule has 1 unspecified atom stereocenters. The van der Waals surface area contributed by atoms with Gasteiger partial charge < -0.3 is 9.47 Å². The van der Waals surface area contributed by atoms with Gasteiger partial charge in [0.2, 0.25) is 10.0 Å². The molecule has 0 spiro atoms. The minimum absolute atomic E-state index is 0.277. The number of hydrogen-bond donors (Lipinski definition) is 0. The Labute approximate surface area is 138 Å². The Bertz CT molecular complexity index is 654. The molecule has 2 aliphatic heterocycles. The summed E-state index contributed by atoms with van der Waals surface area (Å²) in [6, 6.07) is 5.35. The molecule has 0 bridgehead atoms. The van der Waals surface area contributed by atoms with E-state index in [1.807, 2.05) is 0 Å². The molecule has 7 heteroatoms. The summed E-state index contributed by atoms with van der Waals surface area (Å²) in [5.41, 5.74) is 0. The van der Waals surface area contributed by atoms with E-state index in [1.54, 1.807) is 22.5 Å². The second kappa shape index (κ2) is 6.67. The Balaban J connectivity index is 1.75.